The molecule has 0 bridgehead atoms. The number of primary amides is 1. The number of nitrogens with one attached hydrogen (secondary N) is 2. The standard InChI is InChI=1S/C24H33N5O4/c1-15-22-19(13-24(2,3)14-20(22)30)29(27-15)16-9-10-17(23(25)32)18(12-16)26-11-7-5-4-6-8-21(31)28-33/h9-10,12,26,33H,4-8,11,13-14H2,1-3H3,(H2,25,32)(H,28,31). The molecule has 0 radical (unpaired) electrons. The number of carbonyl (C=O) groups is 3. The Morgan fingerprint density at radius 1 is 1.18 bits per heavy atom. The summed E-state index contributed by atoms with van der Waals surface area (Å²) in [5.41, 5.74) is 11.2. The lowest BCUT2D eigenvalue weighted by atomic mass is 9.75. The van der Waals surface area contributed by atoms with Crippen molar-refractivity contribution in [3.05, 3.63) is 40.7 Å². The average molecular weight is 456 g/mol. The van der Waals surface area contributed by atoms with Gasteiger partial charge in [-0.05, 0) is 49.8 Å². The molecule has 9 heteroatoms. The van der Waals surface area contributed by atoms with Crippen LogP contribution in [0.2, 0.25) is 0 Å². The second-order valence-electron chi connectivity index (χ2n) is 9.48. The van der Waals surface area contributed by atoms with Crippen LogP contribution in [0.25, 0.3) is 5.69 Å². The number of hydroxylamine groups is 1. The molecule has 178 valence electrons. The maximum Gasteiger partial charge on any atom is 0.250 e. The van der Waals surface area contributed by atoms with Crippen molar-refractivity contribution >= 4 is 23.3 Å². The first kappa shape index (κ1) is 24.4. The molecule has 0 fully saturated rings. The first-order chi connectivity index (χ1) is 15.6. The Hall–Kier alpha value is -3.20. The van der Waals surface area contributed by atoms with Gasteiger partial charge in [0.15, 0.2) is 5.78 Å². The van der Waals surface area contributed by atoms with Crippen molar-refractivity contribution in [2.45, 2.75) is 65.7 Å². The first-order valence-corrected chi connectivity index (χ1v) is 11.4. The molecule has 2 aromatic rings. The van der Waals surface area contributed by atoms with Crippen molar-refractivity contribution in [2.75, 3.05) is 11.9 Å². The molecule has 1 aliphatic rings. The van der Waals surface area contributed by atoms with E-state index in [4.69, 9.17) is 10.9 Å². The van der Waals surface area contributed by atoms with Crippen LogP contribution in [-0.2, 0) is 11.2 Å². The van der Waals surface area contributed by atoms with Crippen molar-refractivity contribution in [2.24, 2.45) is 11.1 Å². The molecule has 1 aliphatic carbocycles. The molecule has 1 aromatic carbocycles. The summed E-state index contributed by atoms with van der Waals surface area (Å²) in [6, 6.07) is 5.34. The molecule has 2 amide bonds. The van der Waals surface area contributed by atoms with Gasteiger partial charge in [0.2, 0.25) is 5.91 Å². The summed E-state index contributed by atoms with van der Waals surface area (Å²) in [4.78, 5) is 35.7. The Bertz CT molecular complexity index is 1060. The van der Waals surface area contributed by atoms with Crippen LogP contribution >= 0.6 is 0 Å². The number of amides is 2. The van der Waals surface area contributed by atoms with Crippen LogP contribution in [0.4, 0.5) is 5.69 Å². The summed E-state index contributed by atoms with van der Waals surface area (Å²) in [6.07, 6.45) is 4.86. The Morgan fingerprint density at radius 3 is 2.61 bits per heavy atom. The lowest BCUT2D eigenvalue weighted by molar-refractivity contribution is -0.129. The molecule has 0 unspecified atom stereocenters. The van der Waals surface area contributed by atoms with E-state index in [1.54, 1.807) is 17.6 Å². The van der Waals surface area contributed by atoms with E-state index in [1.165, 1.54) is 0 Å². The van der Waals surface area contributed by atoms with Crippen LogP contribution in [0.15, 0.2) is 18.2 Å². The van der Waals surface area contributed by atoms with Crippen LogP contribution in [0.3, 0.4) is 0 Å². The van der Waals surface area contributed by atoms with E-state index in [1.807, 2.05) is 17.7 Å². The fourth-order valence-electron chi connectivity index (χ4n) is 4.42. The number of nitrogens with zero attached hydrogens (tertiary/aromatic N) is 2. The van der Waals surface area contributed by atoms with Gasteiger partial charge in [-0.3, -0.25) is 19.6 Å². The van der Waals surface area contributed by atoms with Crippen LogP contribution in [0.1, 0.15) is 84.5 Å². The maximum absolute atomic E-state index is 12.7. The third-order valence-corrected chi connectivity index (χ3v) is 6.00. The summed E-state index contributed by atoms with van der Waals surface area (Å²) >= 11 is 0. The van der Waals surface area contributed by atoms with E-state index in [-0.39, 0.29) is 17.1 Å². The van der Waals surface area contributed by atoms with Gasteiger partial charge in [-0.1, -0.05) is 26.7 Å². The van der Waals surface area contributed by atoms with E-state index in [0.717, 1.165) is 37.1 Å². The average Bonchev–Trinajstić information content (AvgIpc) is 3.07. The summed E-state index contributed by atoms with van der Waals surface area (Å²) in [5.74, 6) is -0.778. The molecule has 0 atom stereocenters. The summed E-state index contributed by atoms with van der Waals surface area (Å²) in [6.45, 7) is 6.66. The normalized spacial score (nSPS) is 14.6. The third-order valence-electron chi connectivity index (χ3n) is 6.00. The molecular weight excluding hydrogens is 422 g/mol. The number of hydrogen-bond donors (Lipinski definition) is 4. The topological polar surface area (TPSA) is 139 Å². The Kier molecular flexibility index (Phi) is 7.53. The van der Waals surface area contributed by atoms with Gasteiger partial charge in [0.25, 0.3) is 5.91 Å². The lowest BCUT2D eigenvalue weighted by Crippen LogP contribution is -2.28. The summed E-state index contributed by atoms with van der Waals surface area (Å²) in [5, 5.41) is 16.5. The van der Waals surface area contributed by atoms with Gasteiger partial charge in [-0.2, -0.15) is 5.10 Å². The van der Waals surface area contributed by atoms with Crippen LogP contribution in [0.5, 0.6) is 0 Å². The number of anilines is 1. The number of fused-ring (bicyclic) bond motifs is 1. The molecule has 33 heavy (non-hydrogen) atoms. The molecule has 5 N–H and O–H groups in total. The van der Waals surface area contributed by atoms with Gasteiger partial charge in [-0.25, -0.2) is 10.2 Å². The molecule has 1 aromatic heterocycles. The highest BCUT2D eigenvalue weighted by molar-refractivity contribution is 6.00. The van der Waals surface area contributed by atoms with Gasteiger partial charge in [0, 0.05) is 25.1 Å². The van der Waals surface area contributed by atoms with Gasteiger partial charge >= 0.3 is 0 Å². The molecule has 3 rings (SSSR count). The molecule has 0 saturated heterocycles. The highest BCUT2D eigenvalue weighted by Crippen LogP contribution is 2.37. The highest BCUT2D eigenvalue weighted by atomic mass is 16.5. The van der Waals surface area contributed by atoms with Crippen molar-refractivity contribution in [1.82, 2.24) is 15.3 Å². The van der Waals surface area contributed by atoms with Gasteiger partial charge in [0.05, 0.1) is 28.2 Å². The quantitative estimate of drug-likeness (QED) is 0.246. The number of rotatable bonds is 10. The Labute approximate surface area is 193 Å². The van der Waals surface area contributed by atoms with E-state index < -0.39 is 5.91 Å². The molecular formula is C24H33N5O4. The molecule has 9 nitrogen and oxygen atoms in total. The molecule has 0 spiro atoms. The van der Waals surface area contributed by atoms with E-state index in [0.29, 0.717) is 48.3 Å². The SMILES string of the molecule is Cc1nn(-c2ccc(C(N)=O)c(NCCCCCCC(=O)NO)c2)c2c1C(=O)CC(C)(C)C2. The van der Waals surface area contributed by atoms with E-state index in [9.17, 15) is 14.4 Å². The number of aryl methyl sites for hydroxylation is 1. The van der Waals surface area contributed by atoms with E-state index in [2.05, 4.69) is 24.3 Å². The predicted molar refractivity (Wildman–Crippen MR) is 125 cm³/mol. The minimum absolute atomic E-state index is 0.119. The molecule has 0 aliphatic heterocycles. The van der Waals surface area contributed by atoms with Crippen molar-refractivity contribution in [3.8, 4) is 5.69 Å². The largest absolute Gasteiger partial charge is 0.384 e. The fraction of sp³-hybridized carbons (Fsp3) is 0.500. The van der Waals surface area contributed by atoms with Crippen LogP contribution in [-0.4, -0.2) is 39.1 Å². The van der Waals surface area contributed by atoms with Crippen molar-refractivity contribution < 1.29 is 19.6 Å². The third kappa shape index (κ3) is 5.78. The number of hydrogen-bond acceptors (Lipinski definition) is 6. The van der Waals surface area contributed by atoms with Crippen molar-refractivity contribution in [1.29, 1.82) is 0 Å². The van der Waals surface area contributed by atoms with E-state index >= 15 is 0 Å². The second kappa shape index (κ2) is 10.2. The molecule has 1 heterocycles. The minimum Gasteiger partial charge on any atom is -0.384 e. The number of Topliss-reactive ketones (excluding diaryl/α,β-unsaturated/α-hetero) is 1. The van der Waals surface area contributed by atoms with Crippen LogP contribution < -0.4 is 16.5 Å². The number of nitrogens with two attached hydrogens (primary N) is 1. The van der Waals surface area contributed by atoms with Crippen molar-refractivity contribution in [3.63, 3.8) is 0 Å². The smallest absolute Gasteiger partial charge is 0.250 e. The number of unbranched alkanes of at least 4 members (excludes halogenated alkanes) is 3. The highest BCUT2D eigenvalue weighted by Gasteiger charge is 2.35. The predicted octanol–water partition coefficient (Wildman–Crippen LogP) is 3.30. The van der Waals surface area contributed by atoms with Gasteiger partial charge in [-0.15, -0.1) is 0 Å². The zero-order valence-corrected chi connectivity index (χ0v) is 19.5. The van der Waals surface area contributed by atoms with Gasteiger partial charge in [0.1, 0.15) is 0 Å². The number of aromatic nitrogens is 2. The fourth-order valence-corrected chi connectivity index (χ4v) is 4.42. The second-order valence-corrected chi connectivity index (χ2v) is 9.48. The summed E-state index contributed by atoms with van der Waals surface area (Å²) in [7, 11) is 0. The van der Waals surface area contributed by atoms with Gasteiger partial charge < -0.3 is 11.1 Å². The van der Waals surface area contributed by atoms with Crippen LogP contribution in [0, 0.1) is 12.3 Å². The number of ketones is 1. The zero-order valence-electron chi connectivity index (χ0n) is 19.5. The number of carbonyl (C=O) groups excluding carboxylic acids is 3. The molecule has 0 saturated carbocycles. The monoisotopic (exact) mass is 455 g/mol. The minimum atomic E-state index is -0.519. The Morgan fingerprint density at radius 2 is 1.91 bits per heavy atom. The zero-order chi connectivity index (χ0) is 24.2. The number of benzene rings is 1. The maximum atomic E-state index is 12.7. The Balaban J connectivity index is 1.75. The first-order valence-electron chi connectivity index (χ1n) is 11.4. The lowest BCUT2D eigenvalue weighted by Gasteiger charge is -2.29. The summed E-state index contributed by atoms with van der Waals surface area (Å²) < 4.78 is 1.81.